The number of nitrogens with zero attached hydrogens (tertiary/aromatic N) is 1. The van der Waals surface area contributed by atoms with Crippen molar-refractivity contribution in [3.8, 4) is 0 Å². The second-order valence-corrected chi connectivity index (χ2v) is 8.59. The van der Waals surface area contributed by atoms with Crippen LogP contribution < -0.4 is 5.32 Å². The number of aryl methyl sites for hydroxylation is 3. The van der Waals surface area contributed by atoms with Gasteiger partial charge in [-0.1, -0.05) is 42.5 Å². The molecule has 0 radical (unpaired) electrons. The van der Waals surface area contributed by atoms with Crippen molar-refractivity contribution >= 4 is 5.91 Å². The Kier molecular flexibility index (Phi) is 5.82. The van der Waals surface area contributed by atoms with Gasteiger partial charge in [0.25, 0.3) is 0 Å². The normalized spacial score (nSPS) is 18.6. The molecule has 1 N–H and O–H groups in total. The quantitative estimate of drug-likeness (QED) is 0.829. The Labute approximate surface area is 169 Å². The lowest BCUT2D eigenvalue weighted by Gasteiger charge is -2.32. The Morgan fingerprint density at radius 2 is 1.86 bits per heavy atom. The molecule has 3 nitrogen and oxygen atoms in total. The molecule has 1 atom stereocenters. The number of benzene rings is 2. The molecular formula is C25H32N2O. The number of carbonyl (C=O) groups is 1. The van der Waals surface area contributed by atoms with Crippen LogP contribution in [-0.2, 0) is 24.2 Å². The van der Waals surface area contributed by atoms with Crippen molar-refractivity contribution in [1.29, 1.82) is 0 Å². The van der Waals surface area contributed by atoms with Crippen LogP contribution in [0.25, 0.3) is 0 Å². The molecule has 2 aliphatic rings. The molecule has 1 heterocycles. The minimum absolute atomic E-state index is 0.0865. The maximum atomic E-state index is 12.8. The highest BCUT2D eigenvalue weighted by Gasteiger charge is 2.26. The summed E-state index contributed by atoms with van der Waals surface area (Å²) in [5, 5.41) is 3.27. The zero-order valence-corrected chi connectivity index (χ0v) is 17.2. The molecule has 0 aromatic heterocycles. The molecule has 1 saturated heterocycles. The number of likely N-dealkylation sites (tertiary alicyclic amines) is 1. The molecular weight excluding hydrogens is 344 g/mol. The molecule has 0 spiro atoms. The van der Waals surface area contributed by atoms with Crippen molar-refractivity contribution in [2.24, 2.45) is 5.92 Å². The van der Waals surface area contributed by atoms with Crippen LogP contribution in [0.2, 0.25) is 0 Å². The van der Waals surface area contributed by atoms with E-state index in [1.165, 1.54) is 47.1 Å². The van der Waals surface area contributed by atoms with Crippen molar-refractivity contribution in [3.63, 3.8) is 0 Å². The summed E-state index contributed by atoms with van der Waals surface area (Å²) in [5.74, 6) is 0.369. The number of fused-ring (bicyclic) bond motifs is 1. The highest BCUT2D eigenvalue weighted by Crippen LogP contribution is 2.26. The minimum Gasteiger partial charge on any atom is -0.349 e. The van der Waals surface area contributed by atoms with Crippen molar-refractivity contribution in [2.75, 3.05) is 13.1 Å². The summed E-state index contributed by atoms with van der Waals surface area (Å²) >= 11 is 0. The van der Waals surface area contributed by atoms with Crippen LogP contribution in [0, 0.1) is 12.8 Å². The fourth-order valence-electron chi connectivity index (χ4n) is 4.66. The summed E-state index contributed by atoms with van der Waals surface area (Å²) in [6.45, 7) is 7.28. The van der Waals surface area contributed by atoms with Gasteiger partial charge in [-0.2, -0.15) is 0 Å². The number of hydrogen-bond donors (Lipinski definition) is 1. The topological polar surface area (TPSA) is 32.3 Å². The molecule has 1 amide bonds. The first-order chi connectivity index (χ1) is 13.6. The number of amides is 1. The molecule has 1 aliphatic carbocycles. The lowest BCUT2D eigenvalue weighted by Crippen LogP contribution is -2.41. The average molecular weight is 377 g/mol. The van der Waals surface area contributed by atoms with Gasteiger partial charge >= 0.3 is 0 Å². The molecule has 2 aromatic rings. The van der Waals surface area contributed by atoms with Crippen molar-refractivity contribution in [3.05, 3.63) is 70.3 Å². The van der Waals surface area contributed by atoms with E-state index in [4.69, 9.17) is 0 Å². The van der Waals surface area contributed by atoms with Gasteiger partial charge in [0.15, 0.2) is 0 Å². The maximum absolute atomic E-state index is 12.8. The van der Waals surface area contributed by atoms with Gasteiger partial charge in [-0.05, 0) is 86.9 Å². The fourth-order valence-corrected chi connectivity index (χ4v) is 4.66. The van der Waals surface area contributed by atoms with Gasteiger partial charge in [-0.25, -0.2) is 0 Å². The average Bonchev–Trinajstić information content (AvgIpc) is 3.18. The van der Waals surface area contributed by atoms with E-state index in [2.05, 4.69) is 66.5 Å². The van der Waals surface area contributed by atoms with E-state index in [1.807, 2.05) is 0 Å². The lowest BCUT2D eigenvalue weighted by molar-refractivity contribution is -0.127. The summed E-state index contributed by atoms with van der Waals surface area (Å²) in [6.07, 6.45) is 5.56. The molecule has 1 unspecified atom stereocenters. The fraction of sp³-hybridized carbons (Fsp3) is 0.480. The monoisotopic (exact) mass is 376 g/mol. The SMILES string of the molecule is Cc1ccccc1CN1CCC(C(=O)NC(C)c2ccc3c(c2)CCC3)CC1. The van der Waals surface area contributed by atoms with Crippen molar-refractivity contribution < 1.29 is 4.79 Å². The van der Waals surface area contributed by atoms with Gasteiger partial charge in [0.05, 0.1) is 6.04 Å². The first-order valence-electron chi connectivity index (χ1n) is 10.8. The van der Waals surface area contributed by atoms with E-state index in [1.54, 1.807) is 0 Å². The van der Waals surface area contributed by atoms with E-state index in [-0.39, 0.29) is 17.9 Å². The third-order valence-electron chi connectivity index (χ3n) is 6.59. The van der Waals surface area contributed by atoms with Gasteiger partial charge in [0.1, 0.15) is 0 Å². The number of hydrogen-bond acceptors (Lipinski definition) is 2. The molecule has 28 heavy (non-hydrogen) atoms. The van der Waals surface area contributed by atoms with Crippen LogP contribution in [0.5, 0.6) is 0 Å². The Bertz CT molecular complexity index is 836. The van der Waals surface area contributed by atoms with Crippen molar-refractivity contribution in [2.45, 2.75) is 58.5 Å². The highest BCUT2D eigenvalue weighted by molar-refractivity contribution is 5.79. The Balaban J connectivity index is 1.28. The zero-order valence-electron chi connectivity index (χ0n) is 17.2. The number of carbonyl (C=O) groups excluding carboxylic acids is 1. The molecule has 4 rings (SSSR count). The predicted molar refractivity (Wildman–Crippen MR) is 114 cm³/mol. The predicted octanol–water partition coefficient (Wildman–Crippen LogP) is 4.57. The minimum atomic E-state index is 0.0865. The van der Waals surface area contributed by atoms with Gasteiger partial charge in [-0.3, -0.25) is 9.69 Å². The van der Waals surface area contributed by atoms with Gasteiger partial charge in [0.2, 0.25) is 5.91 Å². The van der Waals surface area contributed by atoms with E-state index in [9.17, 15) is 4.79 Å². The maximum Gasteiger partial charge on any atom is 0.223 e. The first kappa shape index (κ1) is 19.2. The van der Waals surface area contributed by atoms with Crippen LogP contribution in [0.15, 0.2) is 42.5 Å². The van der Waals surface area contributed by atoms with E-state index < -0.39 is 0 Å². The molecule has 0 bridgehead atoms. The summed E-state index contributed by atoms with van der Waals surface area (Å²) < 4.78 is 0. The van der Waals surface area contributed by atoms with E-state index in [0.717, 1.165) is 32.5 Å². The summed E-state index contributed by atoms with van der Waals surface area (Å²) in [4.78, 5) is 15.3. The zero-order chi connectivity index (χ0) is 19.5. The van der Waals surface area contributed by atoms with Crippen LogP contribution >= 0.6 is 0 Å². The summed E-state index contributed by atoms with van der Waals surface area (Å²) in [6, 6.07) is 15.4. The first-order valence-corrected chi connectivity index (χ1v) is 10.8. The molecule has 148 valence electrons. The Hall–Kier alpha value is -2.13. The molecule has 0 saturated carbocycles. The standard InChI is InChI=1S/C25H32N2O/c1-18-6-3-4-7-24(18)17-27-14-12-21(13-15-27)25(28)26-19(2)22-11-10-20-8-5-9-23(20)16-22/h3-4,6-7,10-11,16,19,21H,5,8-9,12-15,17H2,1-2H3,(H,26,28). The Morgan fingerprint density at radius 1 is 1.11 bits per heavy atom. The van der Waals surface area contributed by atoms with Gasteiger partial charge < -0.3 is 5.32 Å². The number of rotatable bonds is 5. The summed E-state index contributed by atoms with van der Waals surface area (Å²) in [7, 11) is 0. The highest BCUT2D eigenvalue weighted by atomic mass is 16.1. The third kappa shape index (κ3) is 4.30. The van der Waals surface area contributed by atoms with E-state index in [0.29, 0.717) is 0 Å². The third-order valence-corrected chi connectivity index (χ3v) is 6.59. The number of piperidine rings is 1. The lowest BCUT2D eigenvalue weighted by atomic mass is 9.94. The molecule has 3 heteroatoms. The molecule has 1 aliphatic heterocycles. The smallest absolute Gasteiger partial charge is 0.223 e. The molecule has 1 fully saturated rings. The van der Waals surface area contributed by atoms with E-state index >= 15 is 0 Å². The molecule has 2 aromatic carbocycles. The van der Waals surface area contributed by atoms with Gasteiger partial charge in [-0.15, -0.1) is 0 Å². The Morgan fingerprint density at radius 3 is 2.64 bits per heavy atom. The van der Waals surface area contributed by atoms with Crippen LogP contribution in [0.1, 0.15) is 60.0 Å². The van der Waals surface area contributed by atoms with Crippen LogP contribution in [-0.4, -0.2) is 23.9 Å². The van der Waals surface area contributed by atoms with Gasteiger partial charge in [0, 0.05) is 12.5 Å². The second-order valence-electron chi connectivity index (χ2n) is 8.59. The van der Waals surface area contributed by atoms with Crippen LogP contribution in [0.3, 0.4) is 0 Å². The largest absolute Gasteiger partial charge is 0.349 e. The van der Waals surface area contributed by atoms with Crippen molar-refractivity contribution in [1.82, 2.24) is 10.2 Å². The second kappa shape index (κ2) is 8.48. The van der Waals surface area contributed by atoms with Crippen LogP contribution in [0.4, 0.5) is 0 Å². The summed E-state index contributed by atoms with van der Waals surface area (Å²) in [5.41, 5.74) is 6.96. The number of nitrogens with one attached hydrogen (secondary N) is 1.